The predicted molar refractivity (Wildman–Crippen MR) is 135 cm³/mol. The van der Waals surface area contributed by atoms with Crippen molar-refractivity contribution in [2.75, 3.05) is 0 Å². The van der Waals surface area contributed by atoms with Gasteiger partial charge >= 0.3 is 63.8 Å². The molecular formula is C31H32Cl2Zr-2. The van der Waals surface area contributed by atoms with Crippen LogP contribution in [-0.2, 0) is 36.1 Å². The first-order valence-corrected chi connectivity index (χ1v) is 12.6. The number of hydrogen-bond donors (Lipinski definition) is 0. The minimum absolute atomic E-state index is 0. The van der Waals surface area contributed by atoms with E-state index in [0.29, 0.717) is 5.41 Å². The molecule has 0 saturated heterocycles. The van der Waals surface area contributed by atoms with Gasteiger partial charge in [-0.15, -0.1) is 5.56 Å². The van der Waals surface area contributed by atoms with Gasteiger partial charge in [0, 0.05) is 0 Å². The van der Waals surface area contributed by atoms with Gasteiger partial charge in [-0.3, -0.25) is 0 Å². The second-order valence-electron chi connectivity index (χ2n) is 9.33. The Morgan fingerprint density at radius 2 is 1.47 bits per heavy atom. The molecule has 4 aromatic rings. The Kier molecular flexibility index (Phi) is 12.5. The van der Waals surface area contributed by atoms with Gasteiger partial charge in [-0.1, -0.05) is 75.4 Å². The van der Waals surface area contributed by atoms with Crippen molar-refractivity contribution in [3.8, 4) is 11.1 Å². The van der Waals surface area contributed by atoms with Crippen LogP contribution in [0.1, 0.15) is 54.2 Å². The second-order valence-corrected chi connectivity index (χ2v) is 10.0. The van der Waals surface area contributed by atoms with Crippen LogP contribution >= 0.6 is 0 Å². The van der Waals surface area contributed by atoms with Gasteiger partial charge in [-0.05, 0) is 6.42 Å². The van der Waals surface area contributed by atoms with E-state index in [1.54, 1.807) is 0 Å². The average Bonchev–Trinajstić information content (AvgIpc) is 3.34. The smallest absolute Gasteiger partial charge is 0.0253 e. The predicted octanol–water partition coefficient (Wildman–Crippen LogP) is 1.77. The summed E-state index contributed by atoms with van der Waals surface area (Å²) in [6, 6.07) is 33.0. The van der Waals surface area contributed by atoms with E-state index in [9.17, 15) is 0 Å². The molecule has 0 spiro atoms. The van der Waals surface area contributed by atoms with E-state index in [1.807, 2.05) is 12.1 Å². The summed E-state index contributed by atoms with van der Waals surface area (Å²) in [6.45, 7) is 11.1. The summed E-state index contributed by atoms with van der Waals surface area (Å²) in [7, 11) is 0. The van der Waals surface area contributed by atoms with Crippen molar-refractivity contribution in [3.63, 3.8) is 0 Å². The molecule has 3 heteroatoms. The van der Waals surface area contributed by atoms with Crippen molar-refractivity contribution in [2.45, 2.75) is 46.5 Å². The van der Waals surface area contributed by atoms with Crippen LogP contribution in [0, 0.1) is 19.9 Å². The van der Waals surface area contributed by atoms with Crippen LogP contribution in [0.4, 0.5) is 0 Å². The van der Waals surface area contributed by atoms with Crippen LogP contribution in [-0.4, -0.2) is 3.71 Å². The van der Waals surface area contributed by atoms with Crippen LogP contribution in [0.5, 0.6) is 0 Å². The van der Waals surface area contributed by atoms with Crippen molar-refractivity contribution in [1.29, 1.82) is 0 Å². The molecule has 0 aromatic heterocycles. The minimum atomic E-state index is 0. The van der Waals surface area contributed by atoms with Crippen molar-refractivity contribution < 1.29 is 49.0 Å². The molecule has 0 atom stereocenters. The zero-order chi connectivity index (χ0) is 23.1. The van der Waals surface area contributed by atoms with Gasteiger partial charge in [0.25, 0.3) is 0 Å². The second kappa shape index (κ2) is 14.0. The first-order valence-electron chi connectivity index (χ1n) is 11.2. The van der Waals surface area contributed by atoms with E-state index in [-0.39, 0.29) is 24.8 Å². The standard InChI is InChI=1S/C13H9.C11H17.C7H6.2ClH.Zr/c1-3-7-12-10(5-1)9-11-6-2-4-8-13(11)12;1-8-6-9(2)10(7-8)11(3,4)5;1-7-5-3-2-4-6-7;;;/h1-5,7-8H,9H2;6-7H,1-5H3;1-6H;2*1H;/q2*-1;;;;+2/p-2. The third-order valence-electron chi connectivity index (χ3n) is 5.63. The molecule has 0 fully saturated rings. The summed E-state index contributed by atoms with van der Waals surface area (Å²) in [5.41, 5.74) is 11.4. The van der Waals surface area contributed by atoms with Crippen LogP contribution in [0.25, 0.3) is 11.1 Å². The molecule has 0 aliphatic heterocycles. The summed E-state index contributed by atoms with van der Waals surface area (Å²) >= 11 is 1.46. The van der Waals surface area contributed by atoms with Crippen LogP contribution in [0.3, 0.4) is 0 Å². The minimum Gasteiger partial charge on any atom is -0.179 e. The zero-order valence-electron chi connectivity index (χ0n) is 20.6. The molecule has 0 bridgehead atoms. The molecule has 0 unspecified atom stereocenters. The molecule has 0 radical (unpaired) electrons. The Labute approximate surface area is 233 Å². The van der Waals surface area contributed by atoms with E-state index in [2.05, 4.69) is 117 Å². The summed E-state index contributed by atoms with van der Waals surface area (Å²) in [6.07, 6.45) is 1.05. The van der Waals surface area contributed by atoms with E-state index in [4.69, 9.17) is 0 Å². The molecule has 0 heterocycles. The Morgan fingerprint density at radius 1 is 0.853 bits per heavy atom. The Hall–Kier alpha value is -1.66. The monoisotopic (exact) mass is 564 g/mol. The number of fused-ring (bicyclic) bond motifs is 3. The fourth-order valence-corrected chi connectivity index (χ4v) is 4.63. The maximum atomic E-state index is 3.30. The summed E-state index contributed by atoms with van der Waals surface area (Å²) in [5, 5.41) is 0. The number of rotatable bonds is 1. The number of halogens is 2. The molecular weight excluding hydrogens is 534 g/mol. The van der Waals surface area contributed by atoms with Gasteiger partial charge in [-0.2, -0.15) is 52.6 Å². The van der Waals surface area contributed by atoms with Crippen molar-refractivity contribution >= 4 is 3.71 Å². The first kappa shape index (κ1) is 30.4. The molecule has 5 rings (SSSR count). The Bertz CT molecular complexity index is 1120. The van der Waals surface area contributed by atoms with Gasteiger partial charge in [0.1, 0.15) is 0 Å². The number of aryl methyl sites for hydroxylation is 2. The van der Waals surface area contributed by atoms with Crippen LogP contribution < -0.4 is 24.8 Å². The molecule has 0 nitrogen and oxygen atoms in total. The van der Waals surface area contributed by atoms with Crippen molar-refractivity contribution in [1.82, 2.24) is 0 Å². The Balaban J connectivity index is 0.000000255. The largest absolute Gasteiger partial charge is 0.179 e. The number of hydrogen-bond acceptors (Lipinski definition) is 0. The number of benzene rings is 3. The quantitative estimate of drug-likeness (QED) is 0.272. The SMILES string of the molecule is Cc1cc(C(C)(C)C)c(C)[cH-]1.[Cl-].[Cl-].[Zr+2]=[CH]c1ccccc1.[c-]1cccc2c1Cc1ccccc1-2. The third kappa shape index (κ3) is 8.23. The summed E-state index contributed by atoms with van der Waals surface area (Å²) in [5.74, 6) is 0. The van der Waals surface area contributed by atoms with Crippen molar-refractivity contribution in [2.24, 2.45) is 0 Å². The summed E-state index contributed by atoms with van der Waals surface area (Å²) < 4.78 is 2.17. The molecule has 0 N–H and O–H groups in total. The Morgan fingerprint density at radius 3 is 2.00 bits per heavy atom. The molecule has 176 valence electrons. The molecule has 0 amide bonds. The van der Waals surface area contributed by atoms with Gasteiger partial charge in [0.05, 0.1) is 0 Å². The van der Waals surface area contributed by atoms with Crippen molar-refractivity contribution in [3.05, 3.63) is 124 Å². The normalized spacial score (nSPS) is 10.7. The molecule has 34 heavy (non-hydrogen) atoms. The third-order valence-corrected chi connectivity index (χ3v) is 6.45. The molecule has 0 saturated carbocycles. The topological polar surface area (TPSA) is 0 Å². The van der Waals surface area contributed by atoms with Crippen LogP contribution in [0.2, 0.25) is 0 Å². The van der Waals surface area contributed by atoms with E-state index in [1.165, 1.54) is 68.7 Å². The van der Waals surface area contributed by atoms with Gasteiger partial charge in [0.2, 0.25) is 0 Å². The van der Waals surface area contributed by atoms with E-state index < -0.39 is 0 Å². The maximum Gasteiger partial charge on any atom is -0.0253 e. The maximum absolute atomic E-state index is 3.30. The molecule has 4 aromatic carbocycles. The average molecular weight is 567 g/mol. The fourth-order valence-electron chi connectivity index (χ4n) is 4.16. The van der Waals surface area contributed by atoms with E-state index in [0.717, 1.165) is 6.42 Å². The summed E-state index contributed by atoms with van der Waals surface area (Å²) in [4.78, 5) is 0. The van der Waals surface area contributed by atoms with Crippen LogP contribution in [0.15, 0.2) is 84.9 Å². The van der Waals surface area contributed by atoms with E-state index >= 15 is 0 Å². The fraction of sp³-hybridized carbons (Fsp3) is 0.226. The molecule has 1 aliphatic carbocycles. The van der Waals surface area contributed by atoms with Gasteiger partial charge in [0.15, 0.2) is 0 Å². The first-order chi connectivity index (χ1) is 15.3. The van der Waals surface area contributed by atoms with Gasteiger partial charge < -0.3 is 24.8 Å². The zero-order valence-corrected chi connectivity index (χ0v) is 24.6. The van der Waals surface area contributed by atoms with Gasteiger partial charge in [-0.25, -0.2) is 6.07 Å². The molecule has 1 aliphatic rings.